The van der Waals surface area contributed by atoms with Gasteiger partial charge < -0.3 is 19.7 Å². The van der Waals surface area contributed by atoms with Crippen LogP contribution in [-0.2, 0) is 4.74 Å². The van der Waals surface area contributed by atoms with Crippen molar-refractivity contribution in [3.63, 3.8) is 0 Å². The van der Waals surface area contributed by atoms with E-state index in [4.69, 9.17) is 9.47 Å². The fourth-order valence-electron chi connectivity index (χ4n) is 2.59. The molecule has 0 amide bonds. The van der Waals surface area contributed by atoms with Gasteiger partial charge >= 0.3 is 0 Å². The van der Waals surface area contributed by atoms with E-state index in [1.54, 1.807) is 4.68 Å². The van der Waals surface area contributed by atoms with E-state index >= 15 is 0 Å². The van der Waals surface area contributed by atoms with E-state index in [9.17, 15) is 10.2 Å². The highest BCUT2D eigenvalue weighted by atomic mass is 16.7. The fourth-order valence-corrected chi connectivity index (χ4v) is 2.59. The molecule has 1 aromatic carbocycles. The highest BCUT2D eigenvalue weighted by Gasteiger charge is 2.30. The zero-order chi connectivity index (χ0) is 15.5. The van der Waals surface area contributed by atoms with Crippen molar-refractivity contribution >= 4 is 0 Å². The summed E-state index contributed by atoms with van der Waals surface area (Å²) in [5, 5.41) is 23.5. The topological polar surface area (TPSA) is 76.7 Å². The predicted octanol–water partition coefficient (Wildman–Crippen LogP) is 1.42. The van der Waals surface area contributed by atoms with Crippen LogP contribution < -0.4 is 4.74 Å². The van der Waals surface area contributed by atoms with Crippen molar-refractivity contribution in [3.05, 3.63) is 42.1 Å². The van der Waals surface area contributed by atoms with Crippen LogP contribution in [0, 0.1) is 6.92 Å². The molecular formula is C16H20N2O4. The summed E-state index contributed by atoms with van der Waals surface area (Å²) in [6.07, 6.45) is -0.740. The minimum atomic E-state index is -0.598. The summed E-state index contributed by atoms with van der Waals surface area (Å²) in [5.41, 5.74) is 1.72. The number of aromatic nitrogens is 2. The minimum Gasteiger partial charge on any atom is -0.448 e. The van der Waals surface area contributed by atoms with Gasteiger partial charge in [-0.1, -0.05) is 18.2 Å². The van der Waals surface area contributed by atoms with Gasteiger partial charge in [0.2, 0.25) is 12.2 Å². The summed E-state index contributed by atoms with van der Waals surface area (Å²) < 4.78 is 13.2. The Morgan fingerprint density at radius 2 is 2.09 bits per heavy atom. The summed E-state index contributed by atoms with van der Waals surface area (Å²) in [7, 11) is 0. The van der Waals surface area contributed by atoms with E-state index in [2.05, 4.69) is 5.10 Å². The normalized spacial score (nSPS) is 25.1. The SMILES string of the molecule is Cc1cc(OC2C[C@@H](O)C[C@@H](CO)O2)n(-c2ccccc2)n1. The molecule has 1 fully saturated rings. The Hall–Kier alpha value is -1.89. The van der Waals surface area contributed by atoms with E-state index in [1.807, 2.05) is 43.3 Å². The Morgan fingerprint density at radius 1 is 1.32 bits per heavy atom. The summed E-state index contributed by atoms with van der Waals surface area (Å²) in [4.78, 5) is 0. The van der Waals surface area contributed by atoms with Gasteiger partial charge in [-0.2, -0.15) is 5.10 Å². The van der Waals surface area contributed by atoms with Gasteiger partial charge in [-0.3, -0.25) is 0 Å². The third kappa shape index (κ3) is 3.30. The number of aliphatic hydroxyl groups is 2. The first kappa shape index (κ1) is 15.0. The zero-order valence-corrected chi connectivity index (χ0v) is 12.4. The molecule has 0 spiro atoms. The van der Waals surface area contributed by atoms with Crippen LogP contribution in [0.3, 0.4) is 0 Å². The summed E-state index contributed by atoms with van der Waals surface area (Å²) in [6, 6.07) is 11.5. The summed E-state index contributed by atoms with van der Waals surface area (Å²) in [5.74, 6) is 0.555. The summed E-state index contributed by atoms with van der Waals surface area (Å²) >= 11 is 0. The van der Waals surface area contributed by atoms with Crippen LogP contribution in [0.5, 0.6) is 5.88 Å². The molecule has 6 heteroatoms. The minimum absolute atomic E-state index is 0.131. The molecule has 0 saturated carbocycles. The number of para-hydroxylation sites is 1. The van der Waals surface area contributed by atoms with Crippen LogP contribution in [0.2, 0.25) is 0 Å². The largest absolute Gasteiger partial charge is 0.448 e. The number of benzene rings is 1. The van der Waals surface area contributed by atoms with Crippen molar-refractivity contribution in [2.24, 2.45) is 0 Å². The molecule has 3 rings (SSSR count). The monoisotopic (exact) mass is 304 g/mol. The summed E-state index contributed by atoms with van der Waals surface area (Å²) in [6.45, 7) is 1.76. The number of aliphatic hydroxyl groups excluding tert-OH is 2. The average Bonchev–Trinajstić information content (AvgIpc) is 2.88. The Kier molecular flexibility index (Phi) is 4.42. The average molecular weight is 304 g/mol. The van der Waals surface area contributed by atoms with Gasteiger partial charge in [-0.05, 0) is 19.1 Å². The molecule has 1 aliphatic rings. The number of hydrogen-bond donors (Lipinski definition) is 2. The van der Waals surface area contributed by atoms with Gasteiger partial charge in [0.05, 0.1) is 30.2 Å². The van der Waals surface area contributed by atoms with E-state index in [0.29, 0.717) is 18.7 Å². The van der Waals surface area contributed by atoms with E-state index in [0.717, 1.165) is 11.4 Å². The molecule has 118 valence electrons. The van der Waals surface area contributed by atoms with E-state index in [-0.39, 0.29) is 6.61 Å². The highest BCUT2D eigenvalue weighted by Crippen LogP contribution is 2.25. The molecule has 2 N–H and O–H groups in total. The maximum atomic E-state index is 9.86. The second kappa shape index (κ2) is 6.48. The second-order valence-electron chi connectivity index (χ2n) is 5.48. The van der Waals surface area contributed by atoms with Crippen LogP contribution in [0.4, 0.5) is 0 Å². The Morgan fingerprint density at radius 3 is 2.82 bits per heavy atom. The Bertz CT molecular complexity index is 614. The number of hydrogen-bond acceptors (Lipinski definition) is 5. The number of aryl methyl sites for hydroxylation is 1. The van der Waals surface area contributed by atoms with Crippen LogP contribution in [0.25, 0.3) is 5.69 Å². The lowest BCUT2D eigenvalue weighted by Gasteiger charge is -2.32. The predicted molar refractivity (Wildman–Crippen MR) is 79.9 cm³/mol. The molecule has 2 heterocycles. The molecule has 1 unspecified atom stereocenters. The molecule has 1 aromatic heterocycles. The molecule has 1 aliphatic heterocycles. The number of rotatable bonds is 4. The third-order valence-corrected chi connectivity index (χ3v) is 3.60. The molecule has 0 aliphatic carbocycles. The van der Waals surface area contributed by atoms with Gasteiger partial charge in [-0.25, -0.2) is 4.68 Å². The smallest absolute Gasteiger partial charge is 0.219 e. The van der Waals surface area contributed by atoms with Crippen molar-refractivity contribution in [1.29, 1.82) is 0 Å². The molecule has 0 bridgehead atoms. The first-order valence-electron chi connectivity index (χ1n) is 7.39. The van der Waals surface area contributed by atoms with Crippen LogP contribution in [0.1, 0.15) is 18.5 Å². The quantitative estimate of drug-likeness (QED) is 0.893. The lowest BCUT2D eigenvalue weighted by molar-refractivity contribution is -0.186. The number of ether oxygens (including phenoxy) is 2. The van der Waals surface area contributed by atoms with E-state index < -0.39 is 18.5 Å². The lowest BCUT2D eigenvalue weighted by Crippen LogP contribution is -2.40. The third-order valence-electron chi connectivity index (χ3n) is 3.60. The molecule has 2 aromatic rings. The molecular weight excluding hydrogens is 284 g/mol. The van der Waals surface area contributed by atoms with Gasteiger partial charge in [0.25, 0.3) is 0 Å². The molecule has 0 radical (unpaired) electrons. The van der Waals surface area contributed by atoms with Crippen molar-refractivity contribution in [3.8, 4) is 11.6 Å². The first-order chi connectivity index (χ1) is 10.7. The first-order valence-corrected chi connectivity index (χ1v) is 7.39. The van der Waals surface area contributed by atoms with Gasteiger partial charge in [0.1, 0.15) is 0 Å². The van der Waals surface area contributed by atoms with Gasteiger partial charge in [0, 0.05) is 18.9 Å². The zero-order valence-electron chi connectivity index (χ0n) is 12.4. The number of nitrogens with zero attached hydrogens (tertiary/aromatic N) is 2. The van der Waals surface area contributed by atoms with Crippen molar-refractivity contribution in [2.45, 2.75) is 38.3 Å². The van der Waals surface area contributed by atoms with Crippen LogP contribution in [0.15, 0.2) is 36.4 Å². The Balaban J connectivity index is 1.81. The Labute approximate surface area is 128 Å². The van der Waals surface area contributed by atoms with Gasteiger partial charge in [-0.15, -0.1) is 0 Å². The molecule has 1 saturated heterocycles. The fraction of sp³-hybridized carbons (Fsp3) is 0.438. The van der Waals surface area contributed by atoms with Crippen molar-refractivity contribution in [2.75, 3.05) is 6.61 Å². The molecule has 6 nitrogen and oxygen atoms in total. The lowest BCUT2D eigenvalue weighted by atomic mass is 10.1. The van der Waals surface area contributed by atoms with E-state index in [1.165, 1.54) is 0 Å². The maximum absolute atomic E-state index is 9.86. The standard InChI is InChI=1S/C16H20N2O4/c1-11-7-15(18(17-11)12-5-3-2-4-6-12)22-16-9-13(20)8-14(10-19)21-16/h2-7,13-14,16,19-20H,8-10H2,1H3/t13-,14-,16?/m0/s1. The van der Waals surface area contributed by atoms with Gasteiger partial charge in [0.15, 0.2) is 0 Å². The molecule has 22 heavy (non-hydrogen) atoms. The van der Waals surface area contributed by atoms with Crippen molar-refractivity contribution < 1.29 is 19.7 Å². The maximum Gasteiger partial charge on any atom is 0.219 e. The highest BCUT2D eigenvalue weighted by molar-refractivity contribution is 5.35. The molecule has 3 atom stereocenters. The van der Waals surface area contributed by atoms with Crippen molar-refractivity contribution in [1.82, 2.24) is 9.78 Å². The van der Waals surface area contributed by atoms with Crippen LogP contribution >= 0.6 is 0 Å². The van der Waals surface area contributed by atoms with Crippen LogP contribution in [-0.4, -0.2) is 45.1 Å². The second-order valence-corrected chi connectivity index (χ2v) is 5.48.